The number of Topliss-reactive ketones (excluding diaryl/α,β-unsaturated/α-hetero) is 1. The third-order valence-electron chi connectivity index (χ3n) is 4.12. The zero-order chi connectivity index (χ0) is 22.1. The summed E-state index contributed by atoms with van der Waals surface area (Å²) >= 11 is 0. The summed E-state index contributed by atoms with van der Waals surface area (Å²) in [5.41, 5.74) is 1.24. The number of carbonyl (C=O) groups is 3. The van der Waals surface area contributed by atoms with E-state index in [9.17, 15) is 14.4 Å². The van der Waals surface area contributed by atoms with E-state index < -0.39 is 12.6 Å². The first-order valence-electron chi connectivity index (χ1n) is 9.75. The number of benzene rings is 2. The zero-order valence-corrected chi connectivity index (χ0v) is 17.7. The first kappa shape index (κ1) is 22.9. The molecular formula is C23H27NO6. The predicted octanol–water partition coefficient (Wildman–Crippen LogP) is 4.12. The number of methoxy groups -OCH3 is 1. The summed E-state index contributed by atoms with van der Waals surface area (Å²) in [6, 6.07) is 11.1. The van der Waals surface area contributed by atoms with E-state index >= 15 is 0 Å². The van der Waals surface area contributed by atoms with Crippen molar-refractivity contribution in [2.45, 2.75) is 27.2 Å². The number of anilines is 1. The molecule has 0 radical (unpaired) electrons. The number of ketones is 1. The molecule has 0 atom stereocenters. The van der Waals surface area contributed by atoms with Crippen LogP contribution in [0.2, 0.25) is 0 Å². The lowest BCUT2D eigenvalue weighted by molar-refractivity contribution is -0.115. The second-order valence-corrected chi connectivity index (χ2v) is 7.05. The molecule has 0 aromatic heterocycles. The van der Waals surface area contributed by atoms with E-state index in [0.717, 1.165) is 0 Å². The van der Waals surface area contributed by atoms with Crippen molar-refractivity contribution in [2.75, 3.05) is 25.6 Å². The lowest BCUT2D eigenvalue weighted by Crippen LogP contribution is -2.15. The highest BCUT2D eigenvalue weighted by atomic mass is 16.5. The molecule has 7 heteroatoms. The number of carbonyl (C=O) groups excluding carboxylic acids is 3. The van der Waals surface area contributed by atoms with Crippen LogP contribution in [0.3, 0.4) is 0 Å². The summed E-state index contributed by atoms with van der Waals surface area (Å²) in [5, 5.41) is 2.70. The summed E-state index contributed by atoms with van der Waals surface area (Å²) in [6.07, 6.45) is 0.367. The second kappa shape index (κ2) is 11.0. The molecule has 160 valence electrons. The molecule has 0 saturated heterocycles. The van der Waals surface area contributed by atoms with E-state index in [2.05, 4.69) is 5.32 Å². The fourth-order valence-corrected chi connectivity index (χ4v) is 2.46. The van der Waals surface area contributed by atoms with Crippen LogP contribution in [0.4, 0.5) is 5.69 Å². The van der Waals surface area contributed by atoms with Crippen LogP contribution < -0.4 is 14.8 Å². The SMILES string of the molecule is CCC(=O)Nc1ccc(C(=O)COC(=O)c2ccc(OCC(C)C)c(OC)c2)cc1. The Hall–Kier alpha value is -3.35. The fourth-order valence-electron chi connectivity index (χ4n) is 2.46. The lowest BCUT2D eigenvalue weighted by atomic mass is 10.1. The van der Waals surface area contributed by atoms with E-state index in [1.54, 1.807) is 43.3 Å². The number of amides is 1. The Bertz CT molecular complexity index is 889. The van der Waals surface area contributed by atoms with Crippen LogP contribution in [-0.4, -0.2) is 38.0 Å². The summed E-state index contributed by atoms with van der Waals surface area (Å²) in [4.78, 5) is 36.0. The molecule has 0 bridgehead atoms. The third-order valence-corrected chi connectivity index (χ3v) is 4.12. The molecule has 0 aliphatic heterocycles. The van der Waals surface area contributed by atoms with Crippen molar-refractivity contribution in [1.29, 1.82) is 0 Å². The highest BCUT2D eigenvalue weighted by Gasteiger charge is 2.15. The Balaban J connectivity index is 1.96. The van der Waals surface area contributed by atoms with Crippen LogP contribution >= 0.6 is 0 Å². The number of ether oxygens (including phenoxy) is 3. The van der Waals surface area contributed by atoms with Crippen molar-refractivity contribution < 1.29 is 28.6 Å². The molecule has 0 spiro atoms. The molecule has 2 aromatic carbocycles. The van der Waals surface area contributed by atoms with Crippen LogP contribution in [0.15, 0.2) is 42.5 Å². The van der Waals surface area contributed by atoms with Crippen molar-refractivity contribution in [3.63, 3.8) is 0 Å². The van der Waals surface area contributed by atoms with Crippen molar-refractivity contribution >= 4 is 23.3 Å². The second-order valence-electron chi connectivity index (χ2n) is 7.05. The van der Waals surface area contributed by atoms with E-state index in [1.165, 1.54) is 13.2 Å². The van der Waals surface area contributed by atoms with Gasteiger partial charge in [-0.3, -0.25) is 9.59 Å². The monoisotopic (exact) mass is 413 g/mol. The van der Waals surface area contributed by atoms with Crippen molar-refractivity contribution in [3.8, 4) is 11.5 Å². The summed E-state index contributed by atoms with van der Waals surface area (Å²) in [6.45, 7) is 5.94. The van der Waals surface area contributed by atoms with Gasteiger partial charge in [-0.25, -0.2) is 4.79 Å². The topological polar surface area (TPSA) is 90.9 Å². The van der Waals surface area contributed by atoms with Gasteiger partial charge >= 0.3 is 5.97 Å². The number of esters is 1. The smallest absolute Gasteiger partial charge is 0.338 e. The molecule has 0 heterocycles. The van der Waals surface area contributed by atoms with Crippen LogP contribution in [0.5, 0.6) is 11.5 Å². The van der Waals surface area contributed by atoms with E-state index in [0.29, 0.717) is 41.7 Å². The standard InChI is InChI=1S/C23H27NO6/c1-5-22(26)24-18-9-6-16(7-10-18)19(25)14-30-23(27)17-8-11-20(21(12-17)28-4)29-13-15(2)3/h6-12,15H,5,13-14H2,1-4H3,(H,24,26). The number of hydrogen-bond acceptors (Lipinski definition) is 6. The molecule has 0 fully saturated rings. The van der Waals surface area contributed by atoms with Crippen LogP contribution in [-0.2, 0) is 9.53 Å². The van der Waals surface area contributed by atoms with Gasteiger partial charge < -0.3 is 19.5 Å². The van der Waals surface area contributed by atoms with Gasteiger partial charge in [0.1, 0.15) is 0 Å². The highest BCUT2D eigenvalue weighted by molar-refractivity contribution is 6.00. The van der Waals surface area contributed by atoms with Crippen LogP contribution in [0.25, 0.3) is 0 Å². The van der Waals surface area contributed by atoms with Crippen LogP contribution in [0, 0.1) is 5.92 Å². The number of rotatable bonds is 10. The summed E-state index contributed by atoms with van der Waals surface area (Å²) < 4.78 is 16.1. The number of nitrogens with one attached hydrogen (secondary N) is 1. The Morgan fingerprint density at radius 3 is 2.23 bits per heavy atom. The molecule has 0 aliphatic carbocycles. The molecular weight excluding hydrogens is 386 g/mol. The molecule has 0 saturated carbocycles. The fraction of sp³-hybridized carbons (Fsp3) is 0.348. The van der Waals surface area contributed by atoms with Crippen molar-refractivity contribution in [2.24, 2.45) is 5.92 Å². The largest absolute Gasteiger partial charge is 0.493 e. The normalized spacial score (nSPS) is 10.4. The molecule has 30 heavy (non-hydrogen) atoms. The Labute approximate surface area is 176 Å². The first-order chi connectivity index (χ1) is 14.3. The predicted molar refractivity (Wildman–Crippen MR) is 113 cm³/mol. The maximum Gasteiger partial charge on any atom is 0.338 e. The highest BCUT2D eigenvalue weighted by Crippen LogP contribution is 2.28. The van der Waals surface area contributed by atoms with Gasteiger partial charge in [0.05, 0.1) is 19.3 Å². The average molecular weight is 413 g/mol. The number of hydrogen-bond donors (Lipinski definition) is 1. The first-order valence-corrected chi connectivity index (χ1v) is 9.75. The quantitative estimate of drug-likeness (QED) is 0.465. The lowest BCUT2D eigenvalue weighted by Gasteiger charge is -2.13. The minimum atomic E-state index is -0.635. The maximum atomic E-state index is 12.3. The Morgan fingerprint density at radius 1 is 0.967 bits per heavy atom. The minimum absolute atomic E-state index is 0.112. The van der Waals surface area contributed by atoms with Gasteiger partial charge in [0, 0.05) is 17.7 Å². The van der Waals surface area contributed by atoms with E-state index in [4.69, 9.17) is 14.2 Å². The van der Waals surface area contributed by atoms with E-state index in [1.807, 2.05) is 13.8 Å². The maximum absolute atomic E-state index is 12.3. The molecule has 1 amide bonds. The molecule has 2 aromatic rings. The molecule has 2 rings (SSSR count). The average Bonchev–Trinajstić information content (AvgIpc) is 2.75. The van der Waals surface area contributed by atoms with Gasteiger partial charge in [-0.2, -0.15) is 0 Å². The van der Waals surface area contributed by atoms with E-state index in [-0.39, 0.29) is 17.3 Å². The van der Waals surface area contributed by atoms with Gasteiger partial charge in [-0.05, 0) is 48.4 Å². The van der Waals surface area contributed by atoms with Crippen molar-refractivity contribution in [3.05, 3.63) is 53.6 Å². The summed E-state index contributed by atoms with van der Waals surface area (Å²) in [5.74, 6) is 0.209. The van der Waals surface area contributed by atoms with Crippen LogP contribution in [0.1, 0.15) is 47.9 Å². The molecule has 0 aliphatic rings. The Morgan fingerprint density at radius 2 is 1.63 bits per heavy atom. The molecule has 7 nitrogen and oxygen atoms in total. The van der Waals surface area contributed by atoms with Gasteiger partial charge in [0.2, 0.25) is 5.91 Å². The van der Waals surface area contributed by atoms with Gasteiger partial charge in [-0.1, -0.05) is 20.8 Å². The van der Waals surface area contributed by atoms with Crippen molar-refractivity contribution in [1.82, 2.24) is 0 Å². The summed E-state index contributed by atoms with van der Waals surface area (Å²) in [7, 11) is 1.49. The Kier molecular flexibility index (Phi) is 8.41. The van der Waals surface area contributed by atoms with Gasteiger partial charge in [-0.15, -0.1) is 0 Å². The van der Waals surface area contributed by atoms with Gasteiger partial charge in [0.25, 0.3) is 0 Å². The third kappa shape index (κ3) is 6.62. The molecule has 1 N–H and O–H groups in total. The minimum Gasteiger partial charge on any atom is -0.493 e. The zero-order valence-electron chi connectivity index (χ0n) is 17.7. The molecule has 0 unspecified atom stereocenters. The van der Waals surface area contributed by atoms with Gasteiger partial charge in [0.15, 0.2) is 23.9 Å².